The van der Waals surface area contributed by atoms with Gasteiger partial charge in [0.2, 0.25) is 0 Å². The van der Waals surface area contributed by atoms with Crippen molar-refractivity contribution in [2.75, 3.05) is 20.8 Å². The number of rotatable bonds is 4. The smallest absolute Gasteiger partial charge is 0.163 e. The Kier molecular flexibility index (Phi) is 4.49. The van der Waals surface area contributed by atoms with Gasteiger partial charge in [-0.1, -0.05) is 12.1 Å². The van der Waals surface area contributed by atoms with Gasteiger partial charge in [-0.3, -0.25) is 0 Å². The molecule has 3 rings (SSSR count). The lowest BCUT2D eigenvalue weighted by molar-refractivity contribution is -0.991. The number of quaternary nitrogens is 1. The summed E-state index contributed by atoms with van der Waals surface area (Å²) < 4.78 is 10.8. The molecule has 23 heavy (non-hydrogen) atoms. The van der Waals surface area contributed by atoms with Crippen molar-refractivity contribution in [1.29, 1.82) is 0 Å². The van der Waals surface area contributed by atoms with E-state index in [1.54, 1.807) is 26.4 Å². The first-order chi connectivity index (χ1) is 11.1. The van der Waals surface area contributed by atoms with Crippen LogP contribution in [0.2, 0.25) is 0 Å². The SMILES string of the molecule is COc1cc2c(cc1OC)[C@H](c1ccc([NH+]([O-])O)cc1)NCC2. The molecular weight excluding hydrogens is 296 g/mol. The minimum atomic E-state index is -0.917. The maximum atomic E-state index is 11.0. The van der Waals surface area contributed by atoms with Crippen molar-refractivity contribution in [2.24, 2.45) is 0 Å². The van der Waals surface area contributed by atoms with Crippen LogP contribution in [0.4, 0.5) is 5.69 Å². The van der Waals surface area contributed by atoms with Crippen molar-refractivity contribution in [3.05, 3.63) is 58.3 Å². The molecule has 0 spiro atoms. The van der Waals surface area contributed by atoms with E-state index in [4.69, 9.17) is 14.7 Å². The van der Waals surface area contributed by atoms with Gasteiger partial charge in [0.15, 0.2) is 17.2 Å². The molecule has 2 aromatic rings. The molecule has 0 bridgehead atoms. The number of ether oxygens (including phenoxy) is 2. The van der Waals surface area contributed by atoms with Crippen molar-refractivity contribution in [3.63, 3.8) is 0 Å². The lowest BCUT2D eigenvalue weighted by atomic mass is 9.89. The minimum Gasteiger partial charge on any atom is -0.595 e. The molecule has 1 unspecified atom stereocenters. The minimum absolute atomic E-state index is 0.0152. The fourth-order valence-electron chi connectivity index (χ4n) is 3.00. The summed E-state index contributed by atoms with van der Waals surface area (Å²) in [6.07, 6.45) is 0.916. The maximum Gasteiger partial charge on any atom is 0.163 e. The number of methoxy groups -OCH3 is 2. The molecule has 0 aliphatic carbocycles. The topological polar surface area (TPSA) is 78.2 Å². The first kappa shape index (κ1) is 15.8. The van der Waals surface area contributed by atoms with Gasteiger partial charge in [-0.05, 0) is 35.2 Å². The average molecular weight is 316 g/mol. The highest BCUT2D eigenvalue weighted by Crippen LogP contribution is 2.37. The molecule has 0 saturated heterocycles. The largest absolute Gasteiger partial charge is 0.595 e. The first-order valence-electron chi connectivity index (χ1n) is 7.45. The van der Waals surface area contributed by atoms with E-state index in [-0.39, 0.29) is 11.7 Å². The van der Waals surface area contributed by atoms with Crippen molar-refractivity contribution in [1.82, 2.24) is 5.32 Å². The van der Waals surface area contributed by atoms with Gasteiger partial charge in [0.05, 0.1) is 20.3 Å². The first-order valence-corrected chi connectivity index (χ1v) is 7.45. The van der Waals surface area contributed by atoms with Gasteiger partial charge >= 0.3 is 0 Å². The fourth-order valence-corrected chi connectivity index (χ4v) is 3.00. The predicted molar refractivity (Wildman–Crippen MR) is 85.3 cm³/mol. The summed E-state index contributed by atoms with van der Waals surface area (Å²) in [5.74, 6) is 1.43. The average Bonchev–Trinajstić information content (AvgIpc) is 2.60. The summed E-state index contributed by atoms with van der Waals surface area (Å²) in [7, 11) is 3.25. The van der Waals surface area contributed by atoms with E-state index in [2.05, 4.69) is 5.32 Å². The summed E-state index contributed by atoms with van der Waals surface area (Å²) >= 11 is 0. The molecule has 1 heterocycles. The van der Waals surface area contributed by atoms with E-state index in [1.165, 1.54) is 5.56 Å². The molecule has 2 atom stereocenters. The van der Waals surface area contributed by atoms with Crippen LogP contribution in [-0.2, 0) is 6.42 Å². The molecule has 122 valence electrons. The second-order valence-electron chi connectivity index (χ2n) is 5.47. The summed E-state index contributed by atoms with van der Waals surface area (Å²) in [6, 6.07) is 11.0. The Morgan fingerprint density at radius 3 is 2.39 bits per heavy atom. The fraction of sp³-hybridized carbons (Fsp3) is 0.294. The lowest BCUT2D eigenvalue weighted by Crippen LogP contribution is -2.99. The van der Waals surface area contributed by atoms with Crippen molar-refractivity contribution >= 4 is 5.69 Å². The Morgan fingerprint density at radius 2 is 1.78 bits per heavy atom. The molecular formula is C17H20N2O4. The maximum absolute atomic E-state index is 11.0. The molecule has 3 N–H and O–H groups in total. The Balaban J connectivity index is 2.00. The van der Waals surface area contributed by atoms with Crippen LogP contribution in [0.1, 0.15) is 22.7 Å². The third-order valence-corrected chi connectivity index (χ3v) is 4.19. The van der Waals surface area contributed by atoms with Gasteiger partial charge in [-0.25, -0.2) is 5.21 Å². The molecule has 0 aromatic heterocycles. The van der Waals surface area contributed by atoms with Crippen LogP contribution < -0.4 is 20.0 Å². The molecule has 0 radical (unpaired) electrons. The summed E-state index contributed by atoms with van der Waals surface area (Å²) in [5.41, 5.74) is 3.67. The van der Waals surface area contributed by atoms with Gasteiger partial charge < -0.3 is 20.0 Å². The molecule has 6 heteroatoms. The molecule has 6 nitrogen and oxygen atoms in total. The van der Waals surface area contributed by atoms with E-state index in [0.29, 0.717) is 5.75 Å². The molecule has 0 fully saturated rings. The second kappa shape index (κ2) is 6.55. The number of benzene rings is 2. The van der Waals surface area contributed by atoms with Crippen LogP contribution in [0.15, 0.2) is 36.4 Å². The van der Waals surface area contributed by atoms with Crippen LogP contribution in [-0.4, -0.2) is 26.0 Å². The van der Waals surface area contributed by atoms with E-state index >= 15 is 0 Å². The van der Waals surface area contributed by atoms with Crippen LogP contribution in [0, 0.1) is 5.21 Å². The zero-order valence-corrected chi connectivity index (χ0v) is 13.1. The van der Waals surface area contributed by atoms with Crippen molar-refractivity contribution in [2.45, 2.75) is 12.5 Å². The van der Waals surface area contributed by atoms with Gasteiger partial charge in [0, 0.05) is 18.7 Å². The third kappa shape index (κ3) is 3.02. The van der Waals surface area contributed by atoms with E-state index in [1.807, 2.05) is 24.3 Å². The number of nitrogens with one attached hydrogen (secondary N) is 2. The number of fused-ring (bicyclic) bond motifs is 1. The predicted octanol–water partition coefficient (Wildman–Crippen LogP) is 1.34. The zero-order chi connectivity index (χ0) is 16.4. The van der Waals surface area contributed by atoms with Crippen LogP contribution in [0.5, 0.6) is 11.5 Å². The van der Waals surface area contributed by atoms with Gasteiger partial charge in [0.1, 0.15) is 0 Å². The van der Waals surface area contributed by atoms with Gasteiger partial charge in [0.25, 0.3) is 0 Å². The second-order valence-corrected chi connectivity index (χ2v) is 5.47. The molecule has 1 aliphatic heterocycles. The Bertz CT molecular complexity index is 686. The summed E-state index contributed by atoms with van der Waals surface area (Å²) in [6.45, 7) is 0.855. The van der Waals surface area contributed by atoms with Gasteiger partial charge in [-0.2, -0.15) is 5.23 Å². The summed E-state index contributed by atoms with van der Waals surface area (Å²) in [5, 5.41) is 22.6. The molecule has 0 saturated carbocycles. The van der Waals surface area contributed by atoms with Crippen molar-refractivity contribution in [3.8, 4) is 11.5 Å². The monoisotopic (exact) mass is 316 g/mol. The third-order valence-electron chi connectivity index (χ3n) is 4.19. The highest BCUT2D eigenvalue weighted by molar-refractivity contribution is 5.52. The van der Waals surface area contributed by atoms with Crippen molar-refractivity contribution < 1.29 is 19.9 Å². The van der Waals surface area contributed by atoms with E-state index in [0.717, 1.165) is 29.8 Å². The highest BCUT2D eigenvalue weighted by atomic mass is 16.8. The lowest BCUT2D eigenvalue weighted by Gasteiger charge is -2.28. The Hall–Kier alpha value is -2.12. The Morgan fingerprint density at radius 1 is 1.13 bits per heavy atom. The van der Waals surface area contributed by atoms with Gasteiger partial charge in [-0.15, -0.1) is 0 Å². The standard InChI is InChI=1S/C17H20N2O4/c1-22-15-9-12-7-8-18-17(14(12)10-16(15)23-2)11-3-5-13(6-4-11)19(20)21/h3-6,9-10,17-20H,7-8H2,1-2H3/t17-/m0/s1. The molecule has 1 aliphatic rings. The van der Waals surface area contributed by atoms with Crippen LogP contribution in [0.3, 0.4) is 0 Å². The van der Waals surface area contributed by atoms with Crippen LogP contribution in [0.25, 0.3) is 0 Å². The zero-order valence-electron chi connectivity index (χ0n) is 13.1. The Labute approximate surface area is 134 Å². The quantitative estimate of drug-likeness (QED) is 0.742. The van der Waals surface area contributed by atoms with E-state index in [9.17, 15) is 5.21 Å². The van der Waals surface area contributed by atoms with Crippen LogP contribution >= 0.6 is 0 Å². The normalized spacial score (nSPS) is 18.2. The highest BCUT2D eigenvalue weighted by Gasteiger charge is 2.24. The van der Waals surface area contributed by atoms with E-state index < -0.39 is 5.23 Å². The number of hydrogen-bond acceptors (Lipinski definition) is 5. The molecule has 2 aromatic carbocycles. The number of hydrogen-bond donors (Lipinski definition) is 3. The molecule has 0 amide bonds. The summed E-state index contributed by atoms with van der Waals surface area (Å²) in [4.78, 5) is 0.